The van der Waals surface area contributed by atoms with E-state index < -0.39 is 0 Å². The summed E-state index contributed by atoms with van der Waals surface area (Å²) in [5.74, 6) is 0.674. The summed E-state index contributed by atoms with van der Waals surface area (Å²) in [7, 11) is 3.51. The van der Waals surface area contributed by atoms with Crippen LogP contribution in [0.15, 0.2) is 0 Å². The maximum atomic E-state index is 6.70. The second kappa shape index (κ2) is 10.5. The van der Waals surface area contributed by atoms with Gasteiger partial charge in [0.15, 0.2) is 6.10 Å². The van der Waals surface area contributed by atoms with Gasteiger partial charge in [-0.3, -0.25) is 4.84 Å². The summed E-state index contributed by atoms with van der Waals surface area (Å²) in [6.07, 6.45) is 0.985. The number of rotatable bonds is 11. The van der Waals surface area contributed by atoms with Crippen LogP contribution in [0, 0.1) is 11.8 Å². The third kappa shape index (κ3) is 5.64. The van der Waals surface area contributed by atoms with Crippen molar-refractivity contribution < 1.29 is 24.1 Å². The summed E-state index contributed by atoms with van der Waals surface area (Å²) in [5.41, 5.74) is 0. The third-order valence-electron chi connectivity index (χ3n) is 5.76. The molecule has 0 saturated heterocycles. The Balaban J connectivity index is 3.03. The summed E-state index contributed by atoms with van der Waals surface area (Å²) in [4.78, 5) is 19.0. The van der Waals surface area contributed by atoms with Gasteiger partial charge in [0.25, 0.3) is 0 Å². The van der Waals surface area contributed by atoms with Crippen LogP contribution in [0.2, 0.25) is 0 Å². The summed E-state index contributed by atoms with van der Waals surface area (Å²) in [5, 5.41) is 2.07. The largest absolute Gasteiger partial charge is 0.378 e. The number of ether oxygens (including phenoxy) is 1. The fourth-order valence-electron chi connectivity index (χ4n) is 4.58. The fraction of sp³-hybridized carbons (Fsp3) is 1.00. The molecule has 0 aromatic carbocycles. The summed E-state index contributed by atoms with van der Waals surface area (Å²) >= 11 is 0. The van der Waals surface area contributed by atoms with Crippen molar-refractivity contribution in [2.45, 2.75) is 105 Å². The highest BCUT2D eigenvalue weighted by atomic mass is 17.0. The minimum Gasteiger partial charge on any atom is -0.378 e. The van der Waals surface area contributed by atoms with Gasteiger partial charge >= 0.3 is 0 Å². The van der Waals surface area contributed by atoms with E-state index in [0.29, 0.717) is 24.6 Å². The van der Waals surface area contributed by atoms with Gasteiger partial charge in [-0.25, -0.2) is 0 Å². The standard InChI is InChI=1S/C21H45N2O4/c1-14(2)22(15(3)4)26-13-19-12-18(9)20(24-10)21(19)27-23(25-11,16(5)6)17(7)8/h14-21H,12-13H2,1-11H3/q+1/t18-,19-,20+,21-/m1/s1. The first kappa shape index (κ1) is 24.8. The molecule has 4 atom stereocenters. The van der Waals surface area contributed by atoms with Crippen LogP contribution < -0.4 is 0 Å². The van der Waals surface area contributed by atoms with Crippen LogP contribution in [0.3, 0.4) is 0 Å². The molecule has 27 heavy (non-hydrogen) atoms. The lowest BCUT2D eigenvalue weighted by atomic mass is 10.1. The lowest BCUT2D eigenvalue weighted by Crippen LogP contribution is -2.60. The molecule has 1 aliphatic carbocycles. The number of quaternary nitrogens is 1. The van der Waals surface area contributed by atoms with Gasteiger partial charge in [0, 0.05) is 25.1 Å². The van der Waals surface area contributed by atoms with Crippen molar-refractivity contribution in [2.24, 2.45) is 11.8 Å². The zero-order valence-electron chi connectivity index (χ0n) is 19.6. The van der Waals surface area contributed by atoms with Crippen molar-refractivity contribution in [1.29, 1.82) is 0 Å². The highest BCUT2D eigenvalue weighted by Gasteiger charge is 2.51. The van der Waals surface area contributed by atoms with E-state index in [9.17, 15) is 0 Å². The van der Waals surface area contributed by atoms with Crippen LogP contribution in [0.4, 0.5) is 0 Å². The number of methoxy groups -OCH3 is 1. The van der Waals surface area contributed by atoms with Crippen LogP contribution in [-0.2, 0) is 19.2 Å². The molecule has 1 rings (SSSR count). The maximum absolute atomic E-state index is 6.70. The topological polar surface area (TPSA) is 40.2 Å². The van der Waals surface area contributed by atoms with Crippen molar-refractivity contribution >= 4 is 0 Å². The number of nitrogens with zero attached hydrogens (tertiary/aromatic N) is 2. The van der Waals surface area contributed by atoms with Gasteiger partial charge in [0.2, 0.25) is 0 Å². The molecule has 0 aromatic rings. The van der Waals surface area contributed by atoms with Crippen molar-refractivity contribution in [3.05, 3.63) is 0 Å². The van der Waals surface area contributed by atoms with Gasteiger partial charge in [-0.1, -0.05) is 6.92 Å². The predicted molar refractivity (Wildman–Crippen MR) is 109 cm³/mol. The number of hydrogen-bond acceptors (Lipinski definition) is 5. The Morgan fingerprint density at radius 2 is 1.41 bits per heavy atom. The van der Waals surface area contributed by atoms with E-state index in [1.165, 1.54) is 0 Å². The SMILES string of the molecule is CO[C@@H]1[C@H](O[N+](OC)(C(C)C)C(C)C)[C@@H](CON(C(C)C)C(C)C)C[C@H]1C. The first-order valence-corrected chi connectivity index (χ1v) is 10.6. The van der Waals surface area contributed by atoms with Crippen LogP contribution >= 0.6 is 0 Å². The average Bonchev–Trinajstić information content (AvgIpc) is 2.85. The summed E-state index contributed by atoms with van der Waals surface area (Å²) in [6.45, 7) is 20.0. The minimum absolute atomic E-state index is 0.0373. The Morgan fingerprint density at radius 3 is 1.78 bits per heavy atom. The van der Waals surface area contributed by atoms with Gasteiger partial charge in [-0.2, -0.15) is 14.7 Å². The highest BCUT2D eigenvalue weighted by Crippen LogP contribution is 2.39. The Kier molecular flexibility index (Phi) is 9.65. The molecule has 0 amide bonds. The molecular weight excluding hydrogens is 344 g/mol. The van der Waals surface area contributed by atoms with E-state index in [-0.39, 0.29) is 35.0 Å². The molecule has 1 aliphatic rings. The van der Waals surface area contributed by atoms with Crippen LogP contribution in [0.5, 0.6) is 0 Å². The van der Waals surface area contributed by atoms with Crippen LogP contribution in [0.25, 0.3) is 0 Å². The molecule has 0 N–H and O–H groups in total. The van der Waals surface area contributed by atoms with Crippen LogP contribution in [-0.4, -0.2) is 67.1 Å². The quantitative estimate of drug-likeness (QED) is 0.391. The molecule has 162 valence electrons. The van der Waals surface area contributed by atoms with Gasteiger partial charge in [0.1, 0.15) is 12.1 Å². The monoisotopic (exact) mass is 389 g/mol. The average molecular weight is 390 g/mol. The van der Waals surface area contributed by atoms with Crippen molar-refractivity contribution in [3.8, 4) is 0 Å². The zero-order chi connectivity index (χ0) is 20.9. The van der Waals surface area contributed by atoms with Gasteiger partial charge < -0.3 is 4.74 Å². The van der Waals surface area contributed by atoms with E-state index in [1.807, 2.05) is 0 Å². The van der Waals surface area contributed by atoms with Crippen molar-refractivity contribution in [1.82, 2.24) is 5.06 Å². The van der Waals surface area contributed by atoms with E-state index >= 15 is 0 Å². The summed E-state index contributed by atoms with van der Waals surface area (Å²) in [6, 6.07) is 1.02. The Hall–Kier alpha value is -0.240. The van der Waals surface area contributed by atoms with E-state index in [1.54, 1.807) is 14.2 Å². The smallest absolute Gasteiger partial charge is 0.152 e. The Labute approximate surface area is 167 Å². The number of hydrogen-bond donors (Lipinski definition) is 0. The molecule has 1 fully saturated rings. The molecule has 1 saturated carbocycles. The summed E-state index contributed by atoms with van der Waals surface area (Å²) < 4.78 is 5.86. The van der Waals surface area contributed by atoms with Crippen LogP contribution in [0.1, 0.15) is 68.7 Å². The van der Waals surface area contributed by atoms with E-state index in [0.717, 1.165) is 6.42 Å². The molecule has 6 heteroatoms. The second-order valence-corrected chi connectivity index (χ2v) is 9.10. The molecule has 0 bridgehead atoms. The minimum atomic E-state index is -0.0732. The molecule has 0 unspecified atom stereocenters. The molecule has 6 nitrogen and oxygen atoms in total. The molecule has 0 spiro atoms. The fourth-order valence-corrected chi connectivity index (χ4v) is 4.58. The highest BCUT2D eigenvalue weighted by molar-refractivity contribution is 4.91. The molecular formula is C21H45N2O4+. The van der Waals surface area contributed by atoms with Crippen molar-refractivity contribution in [3.63, 3.8) is 0 Å². The Bertz CT molecular complexity index is 412. The number of hydroxylamine groups is 6. The van der Waals surface area contributed by atoms with Gasteiger partial charge in [0.05, 0.1) is 19.8 Å². The second-order valence-electron chi connectivity index (χ2n) is 9.10. The molecule has 0 aliphatic heterocycles. The first-order chi connectivity index (χ1) is 12.5. The molecule has 0 heterocycles. The predicted octanol–water partition coefficient (Wildman–Crippen LogP) is 4.20. The first-order valence-electron chi connectivity index (χ1n) is 10.6. The lowest BCUT2D eigenvalue weighted by Gasteiger charge is -2.42. The van der Waals surface area contributed by atoms with E-state index in [4.69, 9.17) is 19.2 Å². The van der Waals surface area contributed by atoms with Crippen molar-refractivity contribution in [2.75, 3.05) is 20.8 Å². The van der Waals surface area contributed by atoms with Gasteiger partial charge in [-0.05, 0) is 72.5 Å². The van der Waals surface area contributed by atoms with Gasteiger partial charge in [-0.15, -0.1) is 0 Å². The Morgan fingerprint density at radius 1 is 0.889 bits per heavy atom. The lowest BCUT2D eigenvalue weighted by molar-refractivity contribution is -1.27. The zero-order valence-corrected chi connectivity index (χ0v) is 19.6. The third-order valence-corrected chi connectivity index (χ3v) is 5.76. The molecule has 0 radical (unpaired) electrons. The normalized spacial score (nSPS) is 27.1. The van der Waals surface area contributed by atoms with E-state index in [2.05, 4.69) is 67.4 Å². The maximum Gasteiger partial charge on any atom is 0.152 e. The molecule has 0 aromatic heterocycles.